The molecule has 0 aliphatic carbocycles. The average Bonchev–Trinajstić information content (AvgIpc) is 3.18. The normalized spacial score (nSPS) is 14.9. The molecule has 1 aromatic heterocycles. The Balaban J connectivity index is 1.71. The van der Waals surface area contributed by atoms with E-state index in [1.807, 2.05) is 30.0 Å². The number of carbonyl (C=O) groups excluding carboxylic acids is 1. The van der Waals surface area contributed by atoms with Crippen molar-refractivity contribution in [3.63, 3.8) is 0 Å². The van der Waals surface area contributed by atoms with Crippen molar-refractivity contribution in [1.29, 1.82) is 0 Å². The predicted molar refractivity (Wildman–Crippen MR) is 103 cm³/mol. The number of aryl methyl sites for hydroxylation is 1. The van der Waals surface area contributed by atoms with Crippen LogP contribution in [0.1, 0.15) is 28.0 Å². The Labute approximate surface area is 157 Å². The molecule has 0 bridgehead atoms. The number of aromatic nitrogens is 1. The molecule has 0 spiro atoms. The van der Waals surface area contributed by atoms with Crippen LogP contribution in [0.15, 0.2) is 40.4 Å². The van der Waals surface area contributed by atoms with Crippen LogP contribution in [0, 0.1) is 6.92 Å². The lowest BCUT2D eigenvalue weighted by Crippen LogP contribution is -2.38. The van der Waals surface area contributed by atoms with Gasteiger partial charge in [-0.05, 0) is 25.1 Å². The molecule has 0 unspecified atom stereocenters. The van der Waals surface area contributed by atoms with Crippen molar-refractivity contribution in [3.8, 4) is 11.5 Å². The molecule has 3 heterocycles. The van der Waals surface area contributed by atoms with Gasteiger partial charge in [-0.25, -0.2) is 4.99 Å². The van der Waals surface area contributed by atoms with E-state index in [0.29, 0.717) is 36.0 Å². The zero-order valence-electron chi connectivity index (χ0n) is 15.5. The Kier molecular flexibility index (Phi) is 4.35. The fraction of sp³-hybridized carbons (Fsp3) is 0.300. The lowest BCUT2D eigenvalue weighted by Gasteiger charge is -2.28. The van der Waals surface area contributed by atoms with Crippen molar-refractivity contribution in [2.75, 3.05) is 27.3 Å². The summed E-state index contributed by atoms with van der Waals surface area (Å²) in [6.07, 6.45) is 1.80. The number of benzene rings is 1. The second-order valence-corrected chi connectivity index (χ2v) is 6.40. The molecule has 7 nitrogen and oxygen atoms in total. The van der Waals surface area contributed by atoms with Crippen molar-refractivity contribution >= 4 is 23.1 Å². The van der Waals surface area contributed by atoms with Gasteiger partial charge in [0.15, 0.2) is 17.3 Å². The highest BCUT2D eigenvalue weighted by Crippen LogP contribution is 2.38. The smallest absolute Gasteiger partial charge is 0.171 e. The molecule has 4 rings (SSSR count). The first-order valence-electron chi connectivity index (χ1n) is 8.72. The summed E-state index contributed by atoms with van der Waals surface area (Å²) in [6, 6.07) is 7.35. The third-order valence-electron chi connectivity index (χ3n) is 4.70. The van der Waals surface area contributed by atoms with Crippen LogP contribution < -0.4 is 9.47 Å². The third-order valence-corrected chi connectivity index (χ3v) is 4.70. The van der Waals surface area contributed by atoms with Gasteiger partial charge in [0.25, 0.3) is 0 Å². The molecule has 7 heteroatoms. The molecule has 0 fully saturated rings. The van der Waals surface area contributed by atoms with Crippen LogP contribution in [-0.4, -0.2) is 54.6 Å². The average molecular weight is 364 g/mol. The topological polar surface area (TPSA) is 76.4 Å². The number of methoxy groups -OCH3 is 2. The Bertz CT molecular complexity index is 964. The minimum absolute atomic E-state index is 0.0172. The SMILES string of the molecule is COc1cc2c(cc1OC)C1=NCCN1C(CC(=O)c1ccc(C)nc1)=N2. The largest absolute Gasteiger partial charge is 0.493 e. The number of ketones is 1. The molecule has 0 N–H and O–H groups in total. The molecule has 0 radical (unpaired) electrons. The molecular formula is C20H20N4O3. The number of hydrogen-bond acceptors (Lipinski definition) is 7. The second kappa shape index (κ2) is 6.83. The molecule has 27 heavy (non-hydrogen) atoms. The minimum atomic E-state index is -0.0172. The molecule has 2 aliphatic rings. The van der Waals surface area contributed by atoms with Crippen LogP contribution in [0.3, 0.4) is 0 Å². The summed E-state index contributed by atoms with van der Waals surface area (Å²) in [5.74, 6) is 2.73. The van der Waals surface area contributed by atoms with E-state index in [1.165, 1.54) is 0 Å². The van der Waals surface area contributed by atoms with E-state index < -0.39 is 0 Å². The highest BCUT2D eigenvalue weighted by molar-refractivity contribution is 6.21. The van der Waals surface area contributed by atoms with E-state index in [4.69, 9.17) is 14.5 Å². The van der Waals surface area contributed by atoms with E-state index in [0.717, 1.165) is 22.8 Å². The Morgan fingerprint density at radius 3 is 2.67 bits per heavy atom. The zero-order chi connectivity index (χ0) is 19.0. The summed E-state index contributed by atoms with van der Waals surface area (Å²) in [4.78, 5) is 28.3. The van der Waals surface area contributed by atoms with Crippen molar-refractivity contribution in [1.82, 2.24) is 9.88 Å². The molecule has 0 saturated carbocycles. The van der Waals surface area contributed by atoms with Gasteiger partial charge in [-0.1, -0.05) is 0 Å². The maximum Gasteiger partial charge on any atom is 0.171 e. The summed E-state index contributed by atoms with van der Waals surface area (Å²) in [7, 11) is 3.19. The molecule has 0 saturated heterocycles. The number of aliphatic imine (C=N–C) groups is 2. The minimum Gasteiger partial charge on any atom is -0.493 e. The number of pyridine rings is 1. The molecule has 0 amide bonds. The van der Waals surface area contributed by atoms with E-state index in [-0.39, 0.29) is 12.2 Å². The molecular weight excluding hydrogens is 344 g/mol. The maximum absolute atomic E-state index is 12.7. The predicted octanol–water partition coefficient (Wildman–Crippen LogP) is 2.79. The van der Waals surface area contributed by atoms with Crippen molar-refractivity contribution < 1.29 is 14.3 Å². The molecule has 1 aromatic carbocycles. The van der Waals surface area contributed by atoms with E-state index >= 15 is 0 Å². The van der Waals surface area contributed by atoms with Crippen LogP contribution in [-0.2, 0) is 0 Å². The van der Waals surface area contributed by atoms with Crippen LogP contribution in [0.25, 0.3) is 0 Å². The Morgan fingerprint density at radius 2 is 1.96 bits per heavy atom. The molecule has 0 atom stereocenters. The molecule has 138 valence electrons. The number of fused-ring (bicyclic) bond motifs is 3. The van der Waals surface area contributed by atoms with Gasteiger partial charge < -0.3 is 14.4 Å². The van der Waals surface area contributed by atoms with Gasteiger partial charge in [-0.15, -0.1) is 0 Å². The lowest BCUT2D eigenvalue weighted by atomic mass is 10.0. The lowest BCUT2D eigenvalue weighted by molar-refractivity contribution is 0.0998. The van der Waals surface area contributed by atoms with E-state index in [9.17, 15) is 4.79 Å². The second-order valence-electron chi connectivity index (χ2n) is 6.40. The van der Waals surface area contributed by atoms with Crippen molar-refractivity contribution in [2.24, 2.45) is 9.98 Å². The summed E-state index contributed by atoms with van der Waals surface area (Å²) in [5.41, 5.74) is 3.08. The number of Topliss-reactive ketones (excluding diaryl/α,β-unsaturated/α-hetero) is 1. The number of nitrogens with zero attached hydrogens (tertiary/aromatic N) is 4. The van der Waals surface area contributed by atoms with Crippen LogP contribution in [0.5, 0.6) is 11.5 Å². The quantitative estimate of drug-likeness (QED) is 0.763. The molecule has 2 aliphatic heterocycles. The highest BCUT2D eigenvalue weighted by Gasteiger charge is 2.31. The molecule has 2 aromatic rings. The van der Waals surface area contributed by atoms with E-state index in [2.05, 4.69) is 9.98 Å². The number of hydrogen-bond donors (Lipinski definition) is 0. The van der Waals surface area contributed by atoms with Crippen molar-refractivity contribution in [2.45, 2.75) is 13.3 Å². The van der Waals surface area contributed by atoms with Gasteiger partial charge in [0.2, 0.25) is 0 Å². The first-order valence-corrected chi connectivity index (χ1v) is 8.72. The number of rotatable bonds is 5. The fourth-order valence-corrected chi connectivity index (χ4v) is 3.28. The van der Waals surface area contributed by atoms with Gasteiger partial charge in [0.1, 0.15) is 11.7 Å². The van der Waals surface area contributed by atoms with Gasteiger partial charge in [-0.2, -0.15) is 0 Å². The first-order chi connectivity index (χ1) is 13.1. The summed E-state index contributed by atoms with van der Waals surface area (Å²) in [6.45, 7) is 3.27. The van der Waals surface area contributed by atoms with Crippen LogP contribution >= 0.6 is 0 Å². The summed E-state index contributed by atoms with van der Waals surface area (Å²) >= 11 is 0. The Morgan fingerprint density at radius 1 is 1.19 bits per heavy atom. The van der Waals surface area contributed by atoms with Crippen LogP contribution in [0.2, 0.25) is 0 Å². The monoisotopic (exact) mass is 364 g/mol. The standard InChI is InChI=1S/C20H20N4O3/c1-12-4-5-13(11-22-12)16(25)10-19-23-15-9-18(27-3)17(26-2)8-14(15)20-21-6-7-24(19)20/h4-5,8-9,11H,6-7,10H2,1-3H3. The van der Waals surface area contributed by atoms with E-state index in [1.54, 1.807) is 26.5 Å². The number of amidine groups is 2. The zero-order valence-corrected chi connectivity index (χ0v) is 15.5. The number of ether oxygens (including phenoxy) is 2. The fourth-order valence-electron chi connectivity index (χ4n) is 3.28. The highest BCUT2D eigenvalue weighted by atomic mass is 16.5. The van der Waals surface area contributed by atoms with Gasteiger partial charge in [0, 0.05) is 35.6 Å². The number of carbonyl (C=O) groups is 1. The van der Waals surface area contributed by atoms with Gasteiger partial charge in [-0.3, -0.25) is 14.8 Å². The van der Waals surface area contributed by atoms with Gasteiger partial charge >= 0.3 is 0 Å². The van der Waals surface area contributed by atoms with Crippen LogP contribution in [0.4, 0.5) is 5.69 Å². The Hall–Kier alpha value is -3.22. The summed E-state index contributed by atoms with van der Waals surface area (Å²) in [5, 5.41) is 0. The summed E-state index contributed by atoms with van der Waals surface area (Å²) < 4.78 is 10.8. The maximum atomic E-state index is 12.7. The van der Waals surface area contributed by atoms with Gasteiger partial charge in [0.05, 0.1) is 32.9 Å². The third kappa shape index (κ3) is 3.05. The first kappa shape index (κ1) is 17.2. The van der Waals surface area contributed by atoms with Crippen molar-refractivity contribution in [3.05, 3.63) is 47.3 Å².